The van der Waals surface area contributed by atoms with E-state index in [0.29, 0.717) is 0 Å². The van der Waals surface area contributed by atoms with Gasteiger partial charge in [0.05, 0.1) is 12.7 Å². The lowest BCUT2D eigenvalue weighted by Gasteiger charge is -2.26. The Hall–Kier alpha value is -1.41. The number of hydrogen-bond donors (Lipinski definition) is 0. The molecule has 0 aromatic carbocycles. The molecule has 0 radical (unpaired) electrons. The number of carbonyl (C=O) groups is 2. The predicted molar refractivity (Wildman–Crippen MR) is 61.0 cm³/mol. The van der Waals surface area contributed by atoms with Crippen molar-refractivity contribution >= 4 is 11.8 Å². The van der Waals surface area contributed by atoms with Crippen LogP contribution in [-0.4, -0.2) is 32.1 Å². The first-order chi connectivity index (χ1) is 7.85. The molecular weight excluding hydrogens is 222 g/mol. The standard InChI is InChI=1S/C12H19NO4/c1-9(14)7-12(2,3)10(8-13)11(15)17-6-5-16-4/h10H,5-7H2,1-4H3/t10-/m1/s1. The third-order valence-corrected chi connectivity index (χ3v) is 2.38. The summed E-state index contributed by atoms with van der Waals surface area (Å²) in [6.45, 7) is 5.26. The van der Waals surface area contributed by atoms with E-state index in [0.717, 1.165) is 0 Å². The zero-order valence-corrected chi connectivity index (χ0v) is 10.8. The van der Waals surface area contributed by atoms with Crippen LogP contribution in [0.5, 0.6) is 0 Å². The number of nitrogens with zero attached hydrogens (tertiary/aromatic N) is 1. The Kier molecular flexibility index (Phi) is 6.44. The minimum atomic E-state index is -0.941. The molecule has 0 saturated carbocycles. The summed E-state index contributed by atoms with van der Waals surface area (Å²) in [4.78, 5) is 22.7. The second kappa shape index (κ2) is 7.02. The third kappa shape index (κ3) is 5.45. The van der Waals surface area contributed by atoms with Crippen molar-refractivity contribution in [3.05, 3.63) is 0 Å². The van der Waals surface area contributed by atoms with Gasteiger partial charge in [-0.2, -0.15) is 5.26 Å². The lowest BCUT2D eigenvalue weighted by atomic mass is 9.76. The van der Waals surface area contributed by atoms with Gasteiger partial charge in [0, 0.05) is 13.5 Å². The molecule has 0 amide bonds. The fraction of sp³-hybridized carbons (Fsp3) is 0.750. The molecule has 0 unspecified atom stereocenters. The van der Waals surface area contributed by atoms with Crippen molar-refractivity contribution in [3.63, 3.8) is 0 Å². The maximum atomic E-state index is 11.7. The zero-order chi connectivity index (χ0) is 13.5. The van der Waals surface area contributed by atoms with E-state index in [4.69, 9.17) is 14.7 Å². The van der Waals surface area contributed by atoms with Gasteiger partial charge < -0.3 is 14.3 Å². The number of carbonyl (C=O) groups excluding carboxylic acids is 2. The van der Waals surface area contributed by atoms with E-state index in [1.165, 1.54) is 14.0 Å². The average Bonchev–Trinajstić information content (AvgIpc) is 2.16. The molecule has 0 aliphatic carbocycles. The van der Waals surface area contributed by atoms with E-state index in [9.17, 15) is 9.59 Å². The van der Waals surface area contributed by atoms with Crippen LogP contribution in [-0.2, 0) is 19.1 Å². The second-order valence-electron chi connectivity index (χ2n) is 4.59. The average molecular weight is 241 g/mol. The van der Waals surface area contributed by atoms with Gasteiger partial charge in [-0.3, -0.25) is 4.79 Å². The molecule has 0 aliphatic rings. The summed E-state index contributed by atoms with van der Waals surface area (Å²) < 4.78 is 9.65. The van der Waals surface area contributed by atoms with Crippen LogP contribution >= 0.6 is 0 Å². The normalized spacial score (nSPS) is 12.6. The molecule has 0 rings (SSSR count). The number of ketones is 1. The Bertz CT molecular complexity index is 317. The highest BCUT2D eigenvalue weighted by Gasteiger charge is 2.37. The maximum Gasteiger partial charge on any atom is 0.323 e. The van der Waals surface area contributed by atoms with Gasteiger partial charge in [-0.1, -0.05) is 13.8 Å². The summed E-state index contributed by atoms with van der Waals surface area (Å²) in [5.41, 5.74) is -0.718. The highest BCUT2D eigenvalue weighted by atomic mass is 16.6. The maximum absolute atomic E-state index is 11.7. The quantitative estimate of drug-likeness (QED) is 0.496. The van der Waals surface area contributed by atoms with Gasteiger partial charge >= 0.3 is 5.97 Å². The van der Waals surface area contributed by atoms with E-state index in [1.54, 1.807) is 13.8 Å². The van der Waals surface area contributed by atoms with Crippen molar-refractivity contribution in [1.82, 2.24) is 0 Å². The summed E-state index contributed by atoms with van der Waals surface area (Å²) >= 11 is 0. The fourth-order valence-electron chi connectivity index (χ4n) is 1.60. The van der Waals surface area contributed by atoms with Gasteiger partial charge in [0.1, 0.15) is 18.3 Å². The monoisotopic (exact) mass is 241 g/mol. The van der Waals surface area contributed by atoms with Crippen LogP contribution in [0.3, 0.4) is 0 Å². The third-order valence-electron chi connectivity index (χ3n) is 2.38. The Morgan fingerprint density at radius 1 is 1.35 bits per heavy atom. The predicted octanol–water partition coefficient (Wildman–Crippen LogP) is 1.32. The van der Waals surface area contributed by atoms with Gasteiger partial charge in [0.15, 0.2) is 0 Å². The first-order valence-corrected chi connectivity index (χ1v) is 5.39. The number of esters is 1. The number of Topliss-reactive ketones (excluding diaryl/α,β-unsaturated/α-hetero) is 1. The van der Waals surface area contributed by atoms with Crippen molar-refractivity contribution in [2.24, 2.45) is 11.3 Å². The molecule has 5 heteroatoms. The minimum Gasteiger partial charge on any atom is -0.462 e. The first-order valence-electron chi connectivity index (χ1n) is 5.39. The smallest absolute Gasteiger partial charge is 0.323 e. The van der Waals surface area contributed by atoms with Crippen LogP contribution < -0.4 is 0 Å². The van der Waals surface area contributed by atoms with Crippen molar-refractivity contribution in [2.45, 2.75) is 27.2 Å². The summed E-state index contributed by atoms with van der Waals surface area (Å²) in [5.74, 6) is -1.60. The van der Waals surface area contributed by atoms with Crippen molar-refractivity contribution < 1.29 is 19.1 Å². The van der Waals surface area contributed by atoms with Gasteiger partial charge in [-0.15, -0.1) is 0 Å². The SMILES string of the molecule is COCCOC(=O)[C@@H](C#N)C(C)(C)CC(C)=O. The Morgan fingerprint density at radius 2 is 1.94 bits per heavy atom. The number of methoxy groups -OCH3 is 1. The molecular formula is C12H19NO4. The molecule has 0 fully saturated rings. The minimum absolute atomic E-state index is 0.0556. The van der Waals surface area contributed by atoms with Crippen LogP contribution in [0.15, 0.2) is 0 Å². The lowest BCUT2D eigenvalue weighted by Crippen LogP contribution is -2.33. The first kappa shape index (κ1) is 15.6. The Balaban J connectivity index is 4.55. The molecule has 17 heavy (non-hydrogen) atoms. The van der Waals surface area contributed by atoms with Gasteiger partial charge in [0.2, 0.25) is 0 Å². The summed E-state index contributed by atoms with van der Waals surface area (Å²) in [5, 5.41) is 9.01. The van der Waals surface area contributed by atoms with E-state index in [1.807, 2.05) is 6.07 Å². The highest BCUT2D eigenvalue weighted by molar-refractivity contribution is 5.80. The lowest BCUT2D eigenvalue weighted by molar-refractivity contribution is -0.151. The number of nitriles is 1. The Morgan fingerprint density at radius 3 is 2.35 bits per heavy atom. The molecule has 0 saturated heterocycles. The van der Waals surface area contributed by atoms with Gasteiger partial charge in [-0.25, -0.2) is 0 Å². The van der Waals surface area contributed by atoms with Crippen LogP contribution in [0.2, 0.25) is 0 Å². The molecule has 1 atom stereocenters. The molecule has 0 heterocycles. The van der Waals surface area contributed by atoms with Crippen LogP contribution in [0.25, 0.3) is 0 Å². The zero-order valence-electron chi connectivity index (χ0n) is 10.8. The van der Waals surface area contributed by atoms with Crippen LogP contribution in [0.1, 0.15) is 27.2 Å². The Labute approximate surface area is 102 Å². The second-order valence-corrected chi connectivity index (χ2v) is 4.59. The molecule has 0 N–H and O–H groups in total. The summed E-state index contributed by atoms with van der Waals surface area (Å²) in [6.07, 6.45) is 0.171. The van der Waals surface area contributed by atoms with Gasteiger partial charge in [0.25, 0.3) is 0 Å². The van der Waals surface area contributed by atoms with E-state index in [2.05, 4.69) is 0 Å². The number of hydrogen-bond acceptors (Lipinski definition) is 5. The molecule has 0 spiro atoms. The molecule has 96 valence electrons. The van der Waals surface area contributed by atoms with Crippen molar-refractivity contribution in [2.75, 3.05) is 20.3 Å². The highest BCUT2D eigenvalue weighted by Crippen LogP contribution is 2.31. The summed E-state index contributed by atoms with van der Waals surface area (Å²) in [7, 11) is 1.50. The number of rotatable bonds is 7. The molecule has 0 aliphatic heterocycles. The van der Waals surface area contributed by atoms with Crippen molar-refractivity contribution in [1.29, 1.82) is 5.26 Å². The summed E-state index contributed by atoms with van der Waals surface area (Å²) in [6, 6.07) is 1.91. The molecule has 0 aromatic heterocycles. The van der Waals surface area contributed by atoms with Gasteiger partial charge in [-0.05, 0) is 12.3 Å². The topological polar surface area (TPSA) is 76.4 Å². The molecule has 0 bridgehead atoms. The van der Waals surface area contributed by atoms with E-state index >= 15 is 0 Å². The fourth-order valence-corrected chi connectivity index (χ4v) is 1.60. The van der Waals surface area contributed by atoms with Crippen molar-refractivity contribution in [3.8, 4) is 6.07 Å². The van der Waals surface area contributed by atoms with E-state index < -0.39 is 17.3 Å². The van der Waals surface area contributed by atoms with Crippen LogP contribution in [0, 0.1) is 22.7 Å². The number of ether oxygens (including phenoxy) is 2. The molecule has 0 aromatic rings. The van der Waals surface area contributed by atoms with E-state index in [-0.39, 0.29) is 25.4 Å². The van der Waals surface area contributed by atoms with Crippen LogP contribution in [0.4, 0.5) is 0 Å². The largest absolute Gasteiger partial charge is 0.462 e. The molecule has 5 nitrogen and oxygen atoms in total.